The monoisotopic (exact) mass is 249 g/mol. The third-order valence-corrected chi connectivity index (χ3v) is 2.91. The van der Waals surface area contributed by atoms with Crippen molar-refractivity contribution in [3.8, 4) is 10.6 Å². The van der Waals surface area contributed by atoms with Gasteiger partial charge in [0.2, 0.25) is 0 Å². The molecule has 4 heteroatoms. The molecule has 0 radical (unpaired) electrons. The van der Waals surface area contributed by atoms with Gasteiger partial charge in [-0.15, -0.1) is 11.3 Å². The average molecular weight is 249 g/mol. The minimum absolute atomic E-state index is 0.107. The molecule has 0 aliphatic heterocycles. The van der Waals surface area contributed by atoms with Crippen molar-refractivity contribution in [3.05, 3.63) is 40.9 Å². The standard InChI is InChI=1S/C11H9NO2S.C2H6/c1-7-2-4-8(5-3-7)10-12-9(6-15-10)11(13)14;1-2/h2-6H,1H3,(H,13,14);1-2H3. The fraction of sp³-hybridized carbons (Fsp3) is 0.231. The minimum Gasteiger partial charge on any atom is -0.476 e. The van der Waals surface area contributed by atoms with Crippen LogP contribution in [0.5, 0.6) is 0 Å². The van der Waals surface area contributed by atoms with Gasteiger partial charge in [0.1, 0.15) is 5.01 Å². The molecule has 0 atom stereocenters. The molecular formula is C13H15NO2S. The molecular weight excluding hydrogens is 234 g/mol. The van der Waals surface area contributed by atoms with Crippen molar-refractivity contribution < 1.29 is 9.90 Å². The summed E-state index contributed by atoms with van der Waals surface area (Å²) in [5.74, 6) is -0.982. The zero-order chi connectivity index (χ0) is 12.8. The molecule has 1 aromatic carbocycles. The van der Waals surface area contributed by atoms with E-state index in [0.29, 0.717) is 0 Å². The van der Waals surface area contributed by atoms with E-state index in [2.05, 4.69) is 4.98 Å². The van der Waals surface area contributed by atoms with Crippen molar-refractivity contribution >= 4 is 17.3 Å². The van der Waals surface area contributed by atoms with E-state index in [0.717, 1.165) is 10.6 Å². The Bertz CT molecular complexity index is 488. The Morgan fingerprint density at radius 3 is 2.29 bits per heavy atom. The number of carbonyl (C=O) groups is 1. The van der Waals surface area contributed by atoms with Gasteiger partial charge in [0.25, 0.3) is 0 Å². The molecule has 1 aromatic heterocycles. The van der Waals surface area contributed by atoms with Gasteiger partial charge in [-0.25, -0.2) is 9.78 Å². The molecule has 1 N–H and O–H groups in total. The molecule has 3 nitrogen and oxygen atoms in total. The van der Waals surface area contributed by atoms with Gasteiger partial charge < -0.3 is 5.11 Å². The molecule has 2 aromatic rings. The van der Waals surface area contributed by atoms with Gasteiger partial charge >= 0.3 is 5.97 Å². The number of hydrogen-bond acceptors (Lipinski definition) is 3. The van der Waals surface area contributed by atoms with E-state index in [1.165, 1.54) is 16.9 Å². The maximum atomic E-state index is 10.6. The zero-order valence-corrected chi connectivity index (χ0v) is 10.9. The van der Waals surface area contributed by atoms with E-state index in [1.54, 1.807) is 5.38 Å². The second kappa shape index (κ2) is 6.15. The highest BCUT2D eigenvalue weighted by atomic mass is 32.1. The number of carboxylic acid groups (broad SMARTS) is 1. The molecule has 0 aliphatic rings. The molecule has 0 saturated carbocycles. The lowest BCUT2D eigenvalue weighted by Gasteiger charge is -1.96. The molecule has 0 saturated heterocycles. The maximum Gasteiger partial charge on any atom is 0.355 e. The quantitative estimate of drug-likeness (QED) is 0.879. The van der Waals surface area contributed by atoms with Gasteiger partial charge in [-0.2, -0.15) is 0 Å². The summed E-state index contributed by atoms with van der Waals surface area (Å²) in [7, 11) is 0. The maximum absolute atomic E-state index is 10.6. The van der Waals surface area contributed by atoms with Crippen molar-refractivity contribution in [1.82, 2.24) is 4.98 Å². The lowest BCUT2D eigenvalue weighted by atomic mass is 10.2. The first-order chi connectivity index (χ1) is 8.16. The van der Waals surface area contributed by atoms with Gasteiger partial charge in [0, 0.05) is 10.9 Å². The summed E-state index contributed by atoms with van der Waals surface area (Å²) in [6, 6.07) is 7.86. The van der Waals surface area contributed by atoms with Crippen LogP contribution in [0.2, 0.25) is 0 Å². The number of nitrogens with zero attached hydrogens (tertiary/aromatic N) is 1. The number of benzene rings is 1. The Labute approximate surface area is 105 Å². The van der Waals surface area contributed by atoms with E-state index < -0.39 is 5.97 Å². The molecule has 0 fully saturated rings. The summed E-state index contributed by atoms with van der Waals surface area (Å²) in [4.78, 5) is 14.7. The predicted octanol–water partition coefficient (Wildman–Crippen LogP) is 3.84. The van der Waals surface area contributed by atoms with Crippen LogP contribution in [-0.4, -0.2) is 16.1 Å². The zero-order valence-electron chi connectivity index (χ0n) is 10.1. The number of aryl methyl sites for hydroxylation is 1. The SMILES string of the molecule is CC.Cc1ccc(-c2nc(C(=O)O)cs2)cc1. The molecule has 0 aliphatic carbocycles. The van der Waals surface area contributed by atoms with Crippen LogP contribution in [0.25, 0.3) is 10.6 Å². The van der Waals surface area contributed by atoms with Crippen LogP contribution in [0, 0.1) is 6.92 Å². The molecule has 17 heavy (non-hydrogen) atoms. The number of rotatable bonds is 2. The predicted molar refractivity (Wildman–Crippen MR) is 70.6 cm³/mol. The summed E-state index contributed by atoms with van der Waals surface area (Å²) in [5.41, 5.74) is 2.24. The van der Waals surface area contributed by atoms with Gasteiger partial charge in [-0.05, 0) is 6.92 Å². The van der Waals surface area contributed by atoms with Crippen molar-refractivity contribution in [2.75, 3.05) is 0 Å². The normalized spacial score (nSPS) is 9.35. The van der Waals surface area contributed by atoms with E-state index >= 15 is 0 Å². The van der Waals surface area contributed by atoms with Crippen molar-refractivity contribution in [2.45, 2.75) is 20.8 Å². The smallest absolute Gasteiger partial charge is 0.355 e. The van der Waals surface area contributed by atoms with Gasteiger partial charge in [0.05, 0.1) is 0 Å². The van der Waals surface area contributed by atoms with Gasteiger partial charge in [-0.3, -0.25) is 0 Å². The van der Waals surface area contributed by atoms with Crippen molar-refractivity contribution in [2.24, 2.45) is 0 Å². The topological polar surface area (TPSA) is 50.2 Å². The van der Waals surface area contributed by atoms with E-state index in [9.17, 15) is 4.79 Å². The largest absolute Gasteiger partial charge is 0.476 e. The highest BCUT2D eigenvalue weighted by Gasteiger charge is 2.09. The molecule has 0 amide bonds. The first-order valence-electron chi connectivity index (χ1n) is 5.42. The van der Waals surface area contributed by atoms with E-state index in [1.807, 2.05) is 45.0 Å². The Hall–Kier alpha value is -1.68. The van der Waals surface area contributed by atoms with Crippen molar-refractivity contribution in [3.63, 3.8) is 0 Å². The number of carboxylic acids is 1. The van der Waals surface area contributed by atoms with Gasteiger partial charge in [0.15, 0.2) is 5.69 Å². The third kappa shape index (κ3) is 3.39. The van der Waals surface area contributed by atoms with Crippen LogP contribution in [0.1, 0.15) is 29.9 Å². The van der Waals surface area contributed by atoms with Crippen molar-refractivity contribution in [1.29, 1.82) is 0 Å². The van der Waals surface area contributed by atoms with E-state index in [4.69, 9.17) is 5.11 Å². The summed E-state index contributed by atoms with van der Waals surface area (Å²) in [5, 5.41) is 11.0. The Kier molecular flexibility index (Phi) is 4.84. The first kappa shape index (κ1) is 13.4. The second-order valence-corrected chi connectivity index (χ2v) is 4.07. The van der Waals surface area contributed by atoms with Crippen LogP contribution < -0.4 is 0 Å². The van der Waals surface area contributed by atoms with Crippen LogP contribution in [0.3, 0.4) is 0 Å². The van der Waals surface area contributed by atoms with E-state index in [-0.39, 0.29) is 5.69 Å². The third-order valence-electron chi connectivity index (χ3n) is 2.02. The van der Waals surface area contributed by atoms with Crippen LogP contribution >= 0.6 is 11.3 Å². The summed E-state index contributed by atoms with van der Waals surface area (Å²) < 4.78 is 0. The number of aromatic nitrogens is 1. The molecule has 2 rings (SSSR count). The van der Waals surface area contributed by atoms with Gasteiger partial charge in [-0.1, -0.05) is 43.7 Å². The number of thiazole rings is 1. The molecule has 0 spiro atoms. The number of aromatic carboxylic acids is 1. The molecule has 1 heterocycles. The lowest BCUT2D eigenvalue weighted by molar-refractivity contribution is 0.0691. The molecule has 90 valence electrons. The Morgan fingerprint density at radius 1 is 1.24 bits per heavy atom. The summed E-state index contributed by atoms with van der Waals surface area (Å²) in [6.07, 6.45) is 0. The molecule has 0 unspecified atom stereocenters. The summed E-state index contributed by atoms with van der Waals surface area (Å²) >= 11 is 1.34. The highest BCUT2D eigenvalue weighted by Crippen LogP contribution is 2.23. The minimum atomic E-state index is -0.982. The Balaban J connectivity index is 0.000000686. The fourth-order valence-corrected chi connectivity index (χ4v) is 2.00. The first-order valence-corrected chi connectivity index (χ1v) is 6.30. The number of hydrogen-bond donors (Lipinski definition) is 1. The average Bonchev–Trinajstić information content (AvgIpc) is 2.82. The van der Waals surface area contributed by atoms with Crippen LogP contribution in [-0.2, 0) is 0 Å². The second-order valence-electron chi connectivity index (χ2n) is 3.21. The molecule has 0 bridgehead atoms. The van der Waals surface area contributed by atoms with Crippen LogP contribution in [0.4, 0.5) is 0 Å². The fourth-order valence-electron chi connectivity index (χ4n) is 1.20. The summed E-state index contributed by atoms with van der Waals surface area (Å²) in [6.45, 7) is 6.01. The Morgan fingerprint density at radius 2 is 1.82 bits per heavy atom. The lowest BCUT2D eigenvalue weighted by Crippen LogP contribution is -1.95. The highest BCUT2D eigenvalue weighted by molar-refractivity contribution is 7.13. The van der Waals surface area contributed by atoms with Crippen LogP contribution in [0.15, 0.2) is 29.6 Å².